The molecule has 7 heteroatoms. The van der Waals surface area contributed by atoms with Crippen molar-refractivity contribution >= 4 is 11.8 Å². The predicted molar refractivity (Wildman–Crippen MR) is 77.1 cm³/mol. The molecule has 0 spiro atoms. The van der Waals surface area contributed by atoms with E-state index in [-0.39, 0.29) is 28.8 Å². The maximum Gasteiger partial charge on any atom is 0.446 e. The summed E-state index contributed by atoms with van der Waals surface area (Å²) < 4.78 is 42.4. The smallest absolute Gasteiger partial charge is 0.377 e. The van der Waals surface area contributed by atoms with Crippen molar-refractivity contribution < 1.29 is 17.9 Å². The fourth-order valence-electron chi connectivity index (χ4n) is 2.32. The van der Waals surface area contributed by atoms with Crippen LogP contribution in [0, 0.1) is 0 Å². The Morgan fingerprint density at radius 3 is 2.57 bits per heavy atom. The van der Waals surface area contributed by atoms with Crippen LogP contribution in [0.3, 0.4) is 0 Å². The molecule has 0 radical (unpaired) electrons. The number of hydrogen-bond acceptors (Lipinski definition) is 4. The highest BCUT2D eigenvalue weighted by Crippen LogP contribution is 2.36. The number of halogens is 3. The molecule has 0 saturated carbocycles. The van der Waals surface area contributed by atoms with Gasteiger partial charge in [-0.2, -0.15) is 13.2 Å². The molecule has 1 fully saturated rings. The Morgan fingerprint density at radius 2 is 2.05 bits per heavy atom. The first-order valence-electron chi connectivity index (χ1n) is 6.88. The van der Waals surface area contributed by atoms with E-state index in [0.29, 0.717) is 13.1 Å². The molecule has 0 amide bonds. The van der Waals surface area contributed by atoms with Crippen molar-refractivity contribution in [2.45, 2.75) is 35.4 Å². The van der Waals surface area contributed by atoms with Crippen molar-refractivity contribution in [2.24, 2.45) is 5.73 Å². The van der Waals surface area contributed by atoms with Crippen LogP contribution in [-0.4, -0.2) is 31.3 Å². The lowest BCUT2D eigenvalue weighted by molar-refractivity contribution is -0.0328. The molecular weight excluding hydrogens is 301 g/mol. The van der Waals surface area contributed by atoms with Crippen molar-refractivity contribution in [1.82, 2.24) is 5.32 Å². The highest BCUT2D eigenvalue weighted by Gasteiger charge is 2.29. The van der Waals surface area contributed by atoms with E-state index >= 15 is 0 Å². The molecule has 2 unspecified atom stereocenters. The lowest BCUT2D eigenvalue weighted by Crippen LogP contribution is -2.34. The molecule has 1 aromatic rings. The van der Waals surface area contributed by atoms with Crippen LogP contribution >= 0.6 is 11.8 Å². The van der Waals surface area contributed by atoms with Gasteiger partial charge in [-0.05, 0) is 42.3 Å². The molecule has 1 aliphatic rings. The van der Waals surface area contributed by atoms with Crippen LogP contribution in [0.5, 0.6) is 0 Å². The molecule has 118 valence electrons. The third-order valence-electron chi connectivity index (χ3n) is 3.37. The van der Waals surface area contributed by atoms with Crippen LogP contribution in [0.4, 0.5) is 13.2 Å². The van der Waals surface area contributed by atoms with E-state index in [1.165, 1.54) is 12.1 Å². The van der Waals surface area contributed by atoms with E-state index in [1.54, 1.807) is 12.1 Å². The average molecular weight is 320 g/mol. The third kappa shape index (κ3) is 5.50. The van der Waals surface area contributed by atoms with Gasteiger partial charge in [0.15, 0.2) is 0 Å². The molecule has 1 heterocycles. The van der Waals surface area contributed by atoms with E-state index < -0.39 is 5.51 Å². The van der Waals surface area contributed by atoms with Gasteiger partial charge in [0.2, 0.25) is 0 Å². The summed E-state index contributed by atoms with van der Waals surface area (Å²) in [6.45, 7) is 1.89. The van der Waals surface area contributed by atoms with Gasteiger partial charge in [0.05, 0.1) is 6.10 Å². The number of hydrogen-bond donors (Lipinski definition) is 2. The summed E-state index contributed by atoms with van der Waals surface area (Å²) in [7, 11) is 0. The molecule has 1 aliphatic heterocycles. The number of ether oxygens (including phenoxy) is 1. The van der Waals surface area contributed by atoms with Gasteiger partial charge in [0, 0.05) is 30.6 Å². The van der Waals surface area contributed by atoms with Crippen molar-refractivity contribution in [3.8, 4) is 0 Å². The van der Waals surface area contributed by atoms with Crippen LogP contribution in [0.25, 0.3) is 0 Å². The maximum absolute atomic E-state index is 12.3. The first kappa shape index (κ1) is 16.6. The number of rotatable bonds is 6. The first-order valence-corrected chi connectivity index (χ1v) is 7.70. The number of benzene rings is 1. The van der Waals surface area contributed by atoms with E-state index in [4.69, 9.17) is 10.5 Å². The number of nitrogens with one attached hydrogen (secondary N) is 1. The van der Waals surface area contributed by atoms with Gasteiger partial charge in [-0.3, -0.25) is 0 Å². The lowest BCUT2D eigenvalue weighted by Gasteiger charge is -2.20. The fourth-order valence-corrected chi connectivity index (χ4v) is 2.86. The second kappa shape index (κ2) is 7.49. The van der Waals surface area contributed by atoms with E-state index in [9.17, 15) is 13.2 Å². The third-order valence-corrected chi connectivity index (χ3v) is 4.11. The zero-order valence-corrected chi connectivity index (χ0v) is 12.3. The minimum Gasteiger partial charge on any atom is -0.377 e. The Bertz CT molecular complexity index is 433. The Labute approximate surface area is 126 Å². The molecule has 0 aromatic heterocycles. The quantitative estimate of drug-likeness (QED) is 0.791. The molecule has 21 heavy (non-hydrogen) atoms. The van der Waals surface area contributed by atoms with E-state index in [0.717, 1.165) is 25.0 Å². The molecule has 0 aliphatic carbocycles. The Hall–Kier alpha value is -0.760. The standard InChI is InChI=1S/C14H19F3N2OS/c15-14(16,17)21-12-5-3-10(4-6-12)13(8-18)19-9-11-2-1-7-20-11/h3-6,11,13,19H,1-2,7-9,18H2. The molecule has 2 atom stereocenters. The maximum atomic E-state index is 12.3. The van der Waals surface area contributed by atoms with Gasteiger partial charge in [-0.1, -0.05) is 12.1 Å². The Kier molecular flexibility index (Phi) is 5.92. The molecule has 3 nitrogen and oxygen atoms in total. The normalized spacial score (nSPS) is 20.7. The molecule has 1 aromatic carbocycles. The SMILES string of the molecule is NCC(NCC1CCCO1)c1ccc(SC(F)(F)F)cc1. The van der Waals surface area contributed by atoms with Gasteiger partial charge in [0.25, 0.3) is 0 Å². The summed E-state index contributed by atoms with van der Waals surface area (Å²) in [6, 6.07) is 6.26. The number of thioether (sulfide) groups is 1. The zero-order chi connectivity index (χ0) is 15.3. The highest BCUT2D eigenvalue weighted by atomic mass is 32.2. The van der Waals surface area contributed by atoms with Crippen LogP contribution in [0.1, 0.15) is 24.4 Å². The van der Waals surface area contributed by atoms with Gasteiger partial charge < -0.3 is 15.8 Å². The summed E-state index contributed by atoms with van der Waals surface area (Å²) in [5.74, 6) is 0. The Morgan fingerprint density at radius 1 is 1.33 bits per heavy atom. The second-order valence-corrected chi connectivity index (χ2v) is 6.09. The van der Waals surface area contributed by atoms with E-state index in [1.807, 2.05) is 0 Å². The van der Waals surface area contributed by atoms with Crippen molar-refractivity contribution in [1.29, 1.82) is 0 Å². The summed E-state index contributed by atoms with van der Waals surface area (Å²) >= 11 is -0.109. The van der Waals surface area contributed by atoms with Crippen LogP contribution in [0.2, 0.25) is 0 Å². The summed E-state index contributed by atoms with van der Waals surface area (Å²) in [5.41, 5.74) is 2.37. The zero-order valence-electron chi connectivity index (χ0n) is 11.5. The van der Waals surface area contributed by atoms with Crippen LogP contribution < -0.4 is 11.1 Å². The van der Waals surface area contributed by atoms with Gasteiger partial charge in [0.1, 0.15) is 0 Å². The first-order chi connectivity index (χ1) is 9.98. The van der Waals surface area contributed by atoms with E-state index in [2.05, 4.69) is 5.32 Å². The van der Waals surface area contributed by atoms with Gasteiger partial charge in [-0.25, -0.2) is 0 Å². The number of nitrogens with two attached hydrogens (primary N) is 1. The van der Waals surface area contributed by atoms with Crippen LogP contribution in [-0.2, 0) is 4.74 Å². The van der Waals surface area contributed by atoms with Crippen molar-refractivity contribution in [3.63, 3.8) is 0 Å². The second-order valence-electron chi connectivity index (χ2n) is 4.95. The summed E-state index contributed by atoms with van der Waals surface area (Å²) in [6.07, 6.45) is 2.31. The molecular formula is C14H19F3N2OS. The lowest BCUT2D eigenvalue weighted by atomic mass is 10.1. The van der Waals surface area contributed by atoms with Gasteiger partial charge >= 0.3 is 5.51 Å². The number of alkyl halides is 3. The fraction of sp³-hybridized carbons (Fsp3) is 0.571. The largest absolute Gasteiger partial charge is 0.446 e. The Balaban J connectivity index is 1.91. The molecule has 1 saturated heterocycles. The topological polar surface area (TPSA) is 47.3 Å². The molecule has 2 rings (SSSR count). The van der Waals surface area contributed by atoms with Crippen LogP contribution in [0.15, 0.2) is 29.2 Å². The summed E-state index contributed by atoms with van der Waals surface area (Å²) in [5, 5.41) is 3.32. The molecule has 0 bridgehead atoms. The highest BCUT2D eigenvalue weighted by molar-refractivity contribution is 8.00. The minimum absolute atomic E-state index is 0.0702. The average Bonchev–Trinajstić information content (AvgIpc) is 2.92. The monoisotopic (exact) mass is 320 g/mol. The van der Waals surface area contributed by atoms with Crippen molar-refractivity contribution in [2.75, 3.05) is 19.7 Å². The minimum atomic E-state index is -4.26. The summed E-state index contributed by atoms with van der Waals surface area (Å²) in [4.78, 5) is 0.182. The predicted octanol–water partition coefficient (Wildman–Crippen LogP) is 3.07. The van der Waals surface area contributed by atoms with Gasteiger partial charge in [-0.15, -0.1) is 0 Å². The van der Waals surface area contributed by atoms with Crippen molar-refractivity contribution in [3.05, 3.63) is 29.8 Å². The molecule has 3 N–H and O–H groups in total.